The van der Waals surface area contributed by atoms with Crippen molar-refractivity contribution in [2.45, 2.75) is 58.7 Å². The van der Waals surface area contributed by atoms with Crippen LogP contribution in [0.5, 0.6) is 0 Å². The molecule has 0 aliphatic carbocycles. The van der Waals surface area contributed by atoms with Gasteiger partial charge < -0.3 is 10.6 Å². The molecule has 6 nitrogen and oxygen atoms in total. The summed E-state index contributed by atoms with van der Waals surface area (Å²) in [7, 11) is 0. The minimum atomic E-state index is -1.11. The number of guanidine groups is 1. The molecular formula is C26H34F3N5O. The molecular weight excluding hydrogens is 455 g/mol. The first-order valence-corrected chi connectivity index (χ1v) is 12.1. The molecule has 0 bridgehead atoms. The van der Waals surface area contributed by atoms with Gasteiger partial charge in [-0.25, -0.2) is 13.2 Å². The van der Waals surface area contributed by atoms with E-state index < -0.39 is 23.7 Å². The lowest BCUT2D eigenvalue weighted by atomic mass is 10.0. The van der Waals surface area contributed by atoms with Gasteiger partial charge in [-0.1, -0.05) is 27.2 Å². The third-order valence-corrected chi connectivity index (χ3v) is 5.82. The first-order valence-electron chi connectivity index (χ1n) is 12.1. The van der Waals surface area contributed by atoms with Gasteiger partial charge in [0.1, 0.15) is 12.0 Å². The number of aliphatic imine (C=N–C) groups is 1. The van der Waals surface area contributed by atoms with E-state index in [0.717, 1.165) is 50.0 Å². The summed E-state index contributed by atoms with van der Waals surface area (Å²) < 4.78 is 41.3. The van der Waals surface area contributed by atoms with Crippen molar-refractivity contribution in [1.29, 1.82) is 0 Å². The molecule has 1 aliphatic rings. The Morgan fingerprint density at radius 2 is 1.91 bits per heavy atom. The zero-order valence-electron chi connectivity index (χ0n) is 20.4. The highest BCUT2D eigenvalue weighted by Crippen LogP contribution is 2.25. The molecule has 0 saturated carbocycles. The van der Waals surface area contributed by atoms with Crippen molar-refractivity contribution >= 4 is 17.6 Å². The van der Waals surface area contributed by atoms with Gasteiger partial charge in [0.25, 0.3) is 5.91 Å². The van der Waals surface area contributed by atoms with Gasteiger partial charge in [0.2, 0.25) is 0 Å². The molecule has 0 saturated heterocycles. The second-order valence-electron chi connectivity index (χ2n) is 9.17. The molecule has 190 valence electrons. The van der Waals surface area contributed by atoms with E-state index in [4.69, 9.17) is 0 Å². The Labute approximate surface area is 204 Å². The van der Waals surface area contributed by atoms with E-state index in [0.29, 0.717) is 12.1 Å². The largest absolute Gasteiger partial charge is 0.385 e. The molecule has 0 fully saturated rings. The Morgan fingerprint density at radius 1 is 1.11 bits per heavy atom. The van der Waals surface area contributed by atoms with Crippen LogP contribution in [0.1, 0.15) is 68.5 Å². The highest BCUT2D eigenvalue weighted by molar-refractivity contribution is 6.05. The number of rotatable bonds is 5. The SMILES string of the molecule is CCC1CCCCNc2ccc(F)cc2C(NC(=NCC(C)C)NC(=O)c2ccc(F)c(F)c2)N1. The van der Waals surface area contributed by atoms with Crippen LogP contribution < -0.4 is 21.3 Å². The Morgan fingerprint density at radius 3 is 2.63 bits per heavy atom. The third-order valence-electron chi connectivity index (χ3n) is 5.82. The maximum absolute atomic E-state index is 14.3. The topological polar surface area (TPSA) is 77.6 Å². The van der Waals surface area contributed by atoms with Crippen LogP contribution in [-0.2, 0) is 0 Å². The maximum atomic E-state index is 14.3. The van der Waals surface area contributed by atoms with E-state index in [-0.39, 0.29) is 29.3 Å². The Balaban J connectivity index is 1.93. The highest BCUT2D eigenvalue weighted by atomic mass is 19.2. The maximum Gasteiger partial charge on any atom is 0.258 e. The van der Waals surface area contributed by atoms with Gasteiger partial charge in [-0.2, -0.15) is 0 Å². The summed E-state index contributed by atoms with van der Waals surface area (Å²) in [6, 6.07) is 7.68. The van der Waals surface area contributed by atoms with Gasteiger partial charge in [0.05, 0.1) is 0 Å². The first-order chi connectivity index (χ1) is 16.8. The number of halogens is 3. The van der Waals surface area contributed by atoms with Crippen molar-refractivity contribution in [3.63, 3.8) is 0 Å². The summed E-state index contributed by atoms with van der Waals surface area (Å²) in [5, 5.41) is 12.8. The standard InChI is InChI=1S/C26H34F3N5O/c1-4-19-7-5-6-12-30-23-11-9-18(27)14-20(23)24(32-19)33-26(31-15-16(2)3)34-25(35)17-8-10-21(28)22(29)13-17/h8-11,13-14,16,19,24,30,32H,4-7,12,15H2,1-3H3,(H2,31,33,34,35). The van der Waals surface area contributed by atoms with E-state index in [2.05, 4.69) is 33.2 Å². The molecule has 1 amide bonds. The molecule has 0 aromatic heterocycles. The number of nitrogens with zero attached hydrogens (tertiary/aromatic N) is 1. The van der Waals surface area contributed by atoms with Gasteiger partial charge in [-0.15, -0.1) is 0 Å². The molecule has 0 radical (unpaired) electrons. The van der Waals surface area contributed by atoms with Crippen LogP contribution >= 0.6 is 0 Å². The molecule has 4 N–H and O–H groups in total. The van der Waals surface area contributed by atoms with Gasteiger partial charge in [0.15, 0.2) is 17.6 Å². The van der Waals surface area contributed by atoms with Crippen LogP contribution in [0.15, 0.2) is 41.4 Å². The quantitative estimate of drug-likeness (QED) is 0.348. The van der Waals surface area contributed by atoms with Crippen molar-refractivity contribution in [2.24, 2.45) is 10.9 Å². The number of carbonyl (C=O) groups excluding carboxylic acids is 1. The number of carbonyl (C=O) groups is 1. The van der Waals surface area contributed by atoms with Crippen molar-refractivity contribution in [3.8, 4) is 0 Å². The fourth-order valence-corrected chi connectivity index (χ4v) is 3.87. The number of fused-ring (bicyclic) bond motifs is 1. The molecule has 2 atom stereocenters. The van der Waals surface area contributed by atoms with Gasteiger partial charge in [0, 0.05) is 35.9 Å². The van der Waals surface area contributed by atoms with Crippen LogP contribution in [-0.4, -0.2) is 31.0 Å². The predicted molar refractivity (Wildman–Crippen MR) is 133 cm³/mol. The summed E-state index contributed by atoms with van der Waals surface area (Å²) >= 11 is 0. The fraction of sp³-hybridized carbons (Fsp3) is 0.462. The summed E-state index contributed by atoms with van der Waals surface area (Å²) in [5.74, 6) is -2.79. The number of amides is 1. The molecule has 2 unspecified atom stereocenters. The Hall–Kier alpha value is -3.07. The van der Waals surface area contributed by atoms with E-state index in [1.165, 1.54) is 18.2 Å². The van der Waals surface area contributed by atoms with E-state index in [1.807, 2.05) is 13.8 Å². The summed E-state index contributed by atoms with van der Waals surface area (Å²) in [5.41, 5.74) is 1.40. The molecule has 2 aromatic rings. The second-order valence-corrected chi connectivity index (χ2v) is 9.17. The minimum absolute atomic E-state index is 0.0404. The summed E-state index contributed by atoms with van der Waals surface area (Å²) in [4.78, 5) is 17.4. The van der Waals surface area contributed by atoms with Crippen molar-refractivity contribution in [2.75, 3.05) is 18.4 Å². The van der Waals surface area contributed by atoms with Crippen LogP contribution in [0.3, 0.4) is 0 Å². The zero-order chi connectivity index (χ0) is 25.4. The predicted octanol–water partition coefficient (Wildman–Crippen LogP) is 5.10. The lowest BCUT2D eigenvalue weighted by molar-refractivity contribution is 0.0974. The smallest absolute Gasteiger partial charge is 0.258 e. The van der Waals surface area contributed by atoms with Crippen LogP contribution in [0.25, 0.3) is 0 Å². The highest BCUT2D eigenvalue weighted by Gasteiger charge is 2.23. The molecule has 1 aliphatic heterocycles. The first kappa shape index (κ1) is 26.5. The second kappa shape index (κ2) is 12.6. The van der Waals surface area contributed by atoms with Crippen LogP contribution in [0, 0.1) is 23.4 Å². The lowest BCUT2D eigenvalue weighted by Gasteiger charge is -2.30. The third kappa shape index (κ3) is 7.71. The number of anilines is 1. The van der Waals surface area contributed by atoms with Gasteiger partial charge in [-0.3, -0.25) is 20.4 Å². The normalized spacial score (nSPS) is 19.0. The van der Waals surface area contributed by atoms with Crippen LogP contribution in [0.4, 0.5) is 18.9 Å². The van der Waals surface area contributed by atoms with E-state index in [9.17, 15) is 18.0 Å². The van der Waals surface area contributed by atoms with Crippen molar-refractivity contribution < 1.29 is 18.0 Å². The van der Waals surface area contributed by atoms with Crippen LogP contribution in [0.2, 0.25) is 0 Å². The molecule has 9 heteroatoms. The molecule has 0 spiro atoms. The monoisotopic (exact) mass is 489 g/mol. The molecule has 2 aromatic carbocycles. The number of hydrogen-bond acceptors (Lipinski definition) is 4. The van der Waals surface area contributed by atoms with Gasteiger partial charge >= 0.3 is 0 Å². The van der Waals surface area contributed by atoms with Crippen molar-refractivity contribution in [1.82, 2.24) is 16.0 Å². The van der Waals surface area contributed by atoms with Crippen molar-refractivity contribution in [3.05, 3.63) is 65.0 Å². The average Bonchev–Trinajstić information content (AvgIpc) is 2.83. The fourth-order valence-electron chi connectivity index (χ4n) is 3.87. The van der Waals surface area contributed by atoms with E-state index in [1.54, 1.807) is 6.07 Å². The Bertz CT molecular complexity index is 1040. The average molecular weight is 490 g/mol. The summed E-state index contributed by atoms with van der Waals surface area (Å²) in [6.07, 6.45) is 3.28. The van der Waals surface area contributed by atoms with E-state index >= 15 is 0 Å². The molecule has 1 heterocycles. The lowest BCUT2D eigenvalue weighted by Crippen LogP contribution is -2.49. The Kier molecular flexibility index (Phi) is 9.54. The summed E-state index contributed by atoms with van der Waals surface area (Å²) in [6.45, 7) is 7.24. The zero-order valence-corrected chi connectivity index (χ0v) is 20.4. The molecule has 3 rings (SSSR count). The van der Waals surface area contributed by atoms with Gasteiger partial charge in [-0.05, 0) is 61.6 Å². The molecule has 35 heavy (non-hydrogen) atoms. The minimum Gasteiger partial charge on any atom is -0.385 e. The number of nitrogens with one attached hydrogen (secondary N) is 4. The number of benzene rings is 2. The number of hydrogen-bond donors (Lipinski definition) is 4.